The lowest BCUT2D eigenvalue weighted by atomic mass is 9.83. The van der Waals surface area contributed by atoms with Crippen molar-refractivity contribution < 1.29 is 148 Å². The first-order valence-corrected chi connectivity index (χ1v) is 42.4. The minimum atomic E-state index is -1.66. The topological polar surface area (TPSA) is 460 Å². The molecule has 0 bridgehead atoms. The van der Waals surface area contributed by atoms with Crippen LogP contribution in [-0.4, -0.2) is 363 Å². The smallest absolute Gasteiger partial charge is 0.327 e. The van der Waals surface area contributed by atoms with Crippen LogP contribution in [0.3, 0.4) is 0 Å². The molecule has 0 fully saturated rings. The van der Waals surface area contributed by atoms with Crippen LogP contribution in [0, 0.1) is 17.0 Å². The minimum absolute atomic E-state index is 0.00416. The third-order valence-corrected chi connectivity index (χ3v) is 18.7. The first-order chi connectivity index (χ1) is 59.8. The lowest BCUT2D eigenvalue weighted by molar-refractivity contribution is -0.141. The standard InChI is InChI=1S/C83H127F2N9O29S/c1-61(88-71(95)17-22-109-27-30-113-36-38-117-41-42-119-45-46-121-49-50-123-52-51-122-48-47-120-44-43-118-40-39-116-34-33-112-26-25-108-6)79(103)89-62(2)80(104)91-68(55-77(101)102)81(105)87-19-10-21-93(78(83(3,4)5)70-53-64(66-54-65(84)13-14-67(66)85)57-92(70)56-63-11-8-7-9-12-63)76(100)60-124-59-69(82(106)107)90-72(96)18-23-110-28-31-114-35-37-115-32-29-111-24-20-86-73(97)58-94-74(98)15-16-75(94)99/h7-9,11-16,53-54,57,61-62,68-69,78H,10,17-52,55-56,58-60H2,1-6H3,(H,86,97)(H,87,105)(H,88,95)(H,89,103)(H,90,96)(H,91,104)(H,101,102)(H,106,107)/t61-,62+,68-,69-,78-/m0/s1. The van der Waals surface area contributed by atoms with Crippen molar-refractivity contribution in [1.29, 1.82) is 0 Å². The second-order valence-corrected chi connectivity index (χ2v) is 29.7. The van der Waals surface area contributed by atoms with Gasteiger partial charge in [0.2, 0.25) is 41.4 Å². The number of ether oxygens (including phenoxy) is 16. The van der Waals surface area contributed by atoms with Gasteiger partial charge in [-0.3, -0.25) is 52.8 Å². The Hall–Kier alpha value is -8.60. The number of nitrogens with one attached hydrogen (secondary N) is 6. The molecule has 41 heteroatoms. The molecule has 0 spiro atoms. The summed E-state index contributed by atoms with van der Waals surface area (Å²) < 4.78 is 119. The van der Waals surface area contributed by atoms with E-state index < -0.39 is 119 Å². The number of methoxy groups -OCH3 is 1. The Labute approximate surface area is 726 Å². The summed E-state index contributed by atoms with van der Waals surface area (Å²) in [5, 5.41) is 35.1. The van der Waals surface area contributed by atoms with Crippen molar-refractivity contribution in [3.63, 3.8) is 0 Å². The third kappa shape index (κ3) is 48.8. The van der Waals surface area contributed by atoms with Gasteiger partial charge in [-0.05, 0) is 55.5 Å². The van der Waals surface area contributed by atoms with Crippen LogP contribution in [0.4, 0.5) is 8.78 Å². The van der Waals surface area contributed by atoms with E-state index in [0.29, 0.717) is 143 Å². The van der Waals surface area contributed by atoms with Gasteiger partial charge in [-0.15, -0.1) is 11.8 Å². The molecule has 0 unspecified atom stereocenters. The number of nitrogens with zero attached hydrogens (tertiary/aromatic N) is 3. The van der Waals surface area contributed by atoms with Gasteiger partial charge in [0.1, 0.15) is 42.3 Å². The van der Waals surface area contributed by atoms with Gasteiger partial charge >= 0.3 is 11.9 Å². The second kappa shape index (κ2) is 65.9. The maximum atomic E-state index is 15.6. The zero-order valence-corrected chi connectivity index (χ0v) is 72.8. The molecule has 0 saturated heterocycles. The van der Waals surface area contributed by atoms with E-state index in [0.717, 1.165) is 52.6 Å². The molecule has 3 aromatic rings. The molecule has 1 aliphatic heterocycles. The molecule has 38 nitrogen and oxygen atoms in total. The fourth-order valence-corrected chi connectivity index (χ4v) is 12.3. The molecule has 9 amide bonds. The Bertz CT molecular complexity index is 3610. The number of carbonyl (C=O) groups excluding carboxylic acids is 9. The van der Waals surface area contributed by atoms with E-state index in [1.807, 2.05) is 55.7 Å². The number of imide groups is 1. The summed E-state index contributed by atoms with van der Waals surface area (Å²) in [4.78, 5) is 144. The van der Waals surface area contributed by atoms with Crippen LogP contribution in [0.25, 0.3) is 11.1 Å². The molecule has 1 aromatic heterocycles. The molecule has 4 rings (SSSR count). The van der Waals surface area contributed by atoms with Crippen molar-refractivity contribution >= 4 is 76.9 Å². The number of thioether (sulfide) groups is 1. The first-order valence-electron chi connectivity index (χ1n) is 41.2. The van der Waals surface area contributed by atoms with E-state index in [1.165, 1.54) is 18.7 Å². The summed E-state index contributed by atoms with van der Waals surface area (Å²) >= 11 is 0.923. The summed E-state index contributed by atoms with van der Waals surface area (Å²) in [6, 6.07) is 7.50. The molecule has 0 saturated carbocycles. The van der Waals surface area contributed by atoms with E-state index in [1.54, 1.807) is 19.4 Å². The van der Waals surface area contributed by atoms with E-state index in [-0.39, 0.29) is 142 Å². The van der Waals surface area contributed by atoms with Gasteiger partial charge < -0.3 is 127 Å². The van der Waals surface area contributed by atoms with E-state index >= 15 is 4.39 Å². The summed E-state index contributed by atoms with van der Waals surface area (Å²) in [6.07, 6.45) is 2.64. The molecule has 5 atom stereocenters. The lowest BCUT2D eigenvalue weighted by Gasteiger charge is -2.41. The number of carbonyl (C=O) groups is 11. The van der Waals surface area contributed by atoms with Crippen molar-refractivity contribution in [3.05, 3.63) is 95.8 Å². The number of carboxylic acid groups (broad SMARTS) is 2. The molecule has 698 valence electrons. The highest BCUT2D eigenvalue weighted by Gasteiger charge is 2.38. The van der Waals surface area contributed by atoms with Crippen molar-refractivity contribution in [3.8, 4) is 11.1 Å². The fourth-order valence-electron chi connectivity index (χ4n) is 11.4. The van der Waals surface area contributed by atoms with Crippen LogP contribution >= 0.6 is 11.8 Å². The molecule has 2 heterocycles. The van der Waals surface area contributed by atoms with Crippen molar-refractivity contribution in [1.82, 2.24) is 46.3 Å². The number of amides is 9. The van der Waals surface area contributed by atoms with Gasteiger partial charge in [0.15, 0.2) is 0 Å². The Morgan fingerprint density at radius 1 is 0.492 bits per heavy atom. The SMILES string of the molecule is COCCOCCOCCOCCOCCOCCOCCOCCOCCOCCOCCOCCC(=O)N[C@@H](C)C(=O)N[C@H](C)C(=O)N[C@@H](CC(=O)O)C(=O)NCCCN(C(=O)CSC[C@H](NC(=O)CCOCCOCCOCCOCCNC(=O)CN1C(=O)C=CC1=O)C(=O)O)[C@@H](c1cc(-c2cc(F)ccc2F)cn1Cc1ccccc1)C(C)(C)C. The number of aromatic nitrogens is 1. The van der Waals surface area contributed by atoms with Crippen molar-refractivity contribution in [2.24, 2.45) is 5.41 Å². The number of rotatable bonds is 76. The lowest BCUT2D eigenvalue weighted by Crippen LogP contribution is -2.55. The minimum Gasteiger partial charge on any atom is -0.481 e. The molecule has 8 N–H and O–H groups in total. The van der Waals surface area contributed by atoms with Gasteiger partial charge in [-0.25, -0.2) is 13.6 Å². The van der Waals surface area contributed by atoms with Crippen LogP contribution in [0.15, 0.2) is 72.9 Å². The third-order valence-electron chi connectivity index (χ3n) is 17.6. The maximum absolute atomic E-state index is 15.6. The predicted molar refractivity (Wildman–Crippen MR) is 445 cm³/mol. The molecule has 2 aromatic carbocycles. The summed E-state index contributed by atoms with van der Waals surface area (Å²) in [7, 11) is 1.62. The second-order valence-electron chi connectivity index (χ2n) is 28.7. The zero-order valence-electron chi connectivity index (χ0n) is 71.9. The molecular formula is C83H127F2N9O29S. The van der Waals surface area contributed by atoms with Gasteiger partial charge in [0.05, 0.1) is 223 Å². The quantitative estimate of drug-likeness (QED) is 0.0295. The zero-order chi connectivity index (χ0) is 90.4. The highest BCUT2D eigenvalue weighted by atomic mass is 32.2. The van der Waals surface area contributed by atoms with Gasteiger partial charge in [0.25, 0.3) is 11.8 Å². The van der Waals surface area contributed by atoms with E-state index in [4.69, 9.17) is 75.8 Å². The Kier molecular flexibility index (Phi) is 57.3. The van der Waals surface area contributed by atoms with Gasteiger partial charge in [-0.2, -0.15) is 0 Å². The molecule has 1 aliphatic rings. The first kappa shape index (κ1) is 108. The molecule has 124 heavy (non-hydrogen) atoms. The van der Waals surface area contributed by atoms with Crippen LogP contribution in [0.5, 0.6) is 0 Å². The van der Waals surface area contributed by atoms with E-state index in [2.05, 4.69) is 31.9 Å². The fraction of sp³-hybridized carbons (Fsp3) is 0.651. The Morgan fingerprint density at radius 2 is 0.927 bits per heavy atom. The van der Waals surface area contributed by atoms with Crippen LogP contribution < -0.4 is 31.9 Å². The monoisotopic (exact) mass is 1780 g/mol. The Morgan fingerprint density at radius 3 is 1.38 bits per heavy atom. The number of hydrogen-bond acceptors (Lipinski definition) is 28. The summed E-state index contributed by atoms with van der Waals surface area (Å²) in [6.45, 7) is 18.3. The average Bonchev–Trinajstić information content (AvgIpc) is 1.64. The predicted octanol–water partition coefficient (Wildman–Crippen LogP) is 1.89. The van der Waals surface area contributed by atoms with Gasteiger partial charge in [0, 0.05) is 87.1 Å². The summed E-state index contributed by atoms with van der Waals surface area (Å²) in [5.41, 5.74) is 0.716. The number of aliphatic carboxylic acids is 2. The van der Waals surface area contributed by atoms with Crippen LogP contribution in [0.1, 0.15) is 77.6 Å². The Balaban J connectivity index is 1.16. The van der Waals surface area contributed by atoms with Gasteiger partial charge in [-0.1, -0.05) is 51.1 Å². The average molecular weight is 1790 g/mol. The van der Waals surface area contributed by atoms with E-state index in [9.17, 15) is 67.3 Å². The molecule has 0 radical (unpaired) electrons. The maximum Gasteiger partial charge on any atom is 0.327 e. The van der Waals surface area contributed by atoms with Crippen LogP contribution in [-0.2, 0) is 135 Å². The largest absolute Gasteiger partial charge is 0.481 e. The van der Waals surface area contributed by atoms with Crippen molar-refractivity contribution in [2.75, 3.05) is 250 Å². The normalized spacial score (nSPS) is 13.3. The number of halogens is 2. The van der Waals surface area contributed by atoms with Crippen LogP contribution in [0.2, 0.25) is 0 Å². The molecular weight excluding hydrogens is 1660 g/mol. The highest BCUT2D eigenvalue weighted by molar-refractivity contribution is 8.00. The number of carboxylic acids is 2. The molecule has 0 aliphatic carbocycles. The highest BCUT2D eigenvalue weighted by Crippen LogP contribution is 2.41. The van der Waals surface area contributed by atoms with Crippen molar-refractivity contribution in [2.45, 2.75) is 97.1 Å². The number of hydrogen-bond donors (Lipinski definition) is 8. The number of benzene rings is 2. The summed E-state index contributed by atoms with van der Waals surface area (Å²) in [5.74, 6) is -10.8.